The second-order valence-corrected chi connectivity index (χ2v) is 16.3. The lowest BCUT2D eigenvalue weighted by atomic mass is 9.39. The Hall–Kier alpha value is -3.28. The second kappa shape index (κ2) is 11.4. The molecule has 4 saturated carbocycles. The second-order valence-electron chi connectivity index (χ2n) is 16.3. The molecule has 4 aliphatic carbocycles. The normalized spacial score (nSPS) is 29.2. The van der Waals surface area contributed by atoms with E-state index in [4.69, 9.17) is 9.47 Å². The molecular formula is C37H45FN8O2. The zero-order valence-corrected chi connectivity index (χ0v) is 27.6. The third kappa shape index (κ3) is 5.10. The molecule has 4 aliphatic heterocycles. The van der Waals surface area contributed by atoms with Crippen LogP contribution in [0.3, 0.4) is 0 Å². The highest BCUT2D eigenvalue weighted by Gasteiger charge is 2.65. The van der Waals surface area contributed by atoms with Gasteiger partial charge in [0.15, 0.2) is 5.82 Å². The van der Waals surface area contributed by atoms with Gasteiger partial charge in [0, 0.05) is 61.9 Å². The first-order chi connectivity index (χ1) is 23.5. The molecule has 0 radical (unpaired) electrons. The van der Waals surface area contributed by atoms with Gasteiger partial charge in [0.2, 0.25) is 0 Å². The summed E-state index contributed by atoms with van der Waals surface area (Å²) in [6.45, 7) is 9.84. The van der Waals surface area contributed by atoms with Crippen LogP contribution in [0.15, 0.2) is 36.8 Å². The highest BCUT2D eigenvalue weighted by Crippen LogP contribution is 2.69. The SMILES string of the molecule is Fc1ccc(Oc2nncnc2N2CCC3(C2)CN(C(C2CCN(CC4COC4)CC2)C24CC(C2)C4)C3)c(-c2nnccc2C2CC2)c1. The number of hydrogen-bond acceptors (Lipinski definition) is 10. The Labute approximate surface area is 281 Å². The minimum atomic E-state index is -0.343. The minimum Gasteiger partial charge on any atom is -0.434 e. The molecule has 10 nitrogen and oxygen atoms in total. The van der Waals surface area contributed by atoms with Gasteiger partial charge in [-0.15, -0.1) is 10.2 Å². The maximum absolute atomic E-state index is 14.6. The highest BCUT2D eigenvalue weighted by atomic mass is 19.1. The lowest BCUT2D eigenvalue weighted by Crippen LogP contribution is -2.72. The Morgan fingerprint density at radius 2 is 1.79 bits per heavy atom. The van der Waals surface area contributed by atoms with E-state index >= 15 is 0 Å². The van der Waals surface area contributed by atoms with Gasteiger partial charge in [0.1, 0.15) is 23.6 Å². The molecule has 2 bridgehead atoms. The lowest BCUT2D eigenvalue weighted by Gasteiger charge is -2.71. The molecule has 2 aromatic heterocycles. The molecule has 1 atom stereocenters. The first-order valence-electron chi connectivity index (χ1n) is 18.3. The molecule has 4 saturated heterocycles. The average Bonchev–Trinajstić information content (AvgIpc) is 3.79. The zero-order valence-electron chi connectivity index (χ0n) is 27.6. The summed E-state index contributed by atoms with van der Waals surface area (Å²) >= 11 is 0. The van der Waals surface area contributed by atoms with Crippen molar-refractivity contribution < 1.29 is 13.9 Å². The number of likely N-dealkylation sites (tertiary alicyclic amines) is 2. The van der Waals surface area contributed by atoms with Crippen LogP contribution in [-0.2, 0) is 4.74 Å². The number of ether oxygens (including phenoxy) is 2. The van der Waals surface area contributed by atoms with Crippen molar-refractivity contribution in [2.24, 2.45) is 28.6 Å². The van der Waals surface area contributed by atoms with Crippen molar-refractivity contribution in [3.8, 4) is 22.9 Å². The molecule has 3 aromatic rings. The average molecular weight is 653 g/mol. The van der Waals surface area contributed by atoms with Crippen LogP contribution in [0.1, 0.15) is 62.8 Å². The van der Waals surface area contributed by atoms with E-state index in [1.807, 2.05) is 6.07 Å². The minimum absolute atomic E-state index is 0.273. The molecule has 0 N–H and O–H groups in total. The fourth-order valence-electron chi connectivity index (χ4n) is 10.4. The molecule has 1 unspecified atom stereocenters. The monoisotopic (exact) mass is 652 g/mol. The number of hydrogen-bond donors (Lipinski definition) is 0. The third-order valence-corrected chi connectivity index (χ3v) is 13.0. The van der Waals surface area contributed by atoms with E-state index in [1.165, 1.54) is 83.3 Å². The van der Waals surface area contributed by atoms with Crippen molar-refractivity contribution in [3.05, 3.63) is 48.2 Å². The number of nitrogens with zero attached hydrogens (tertiary/aromatic N) is 8. The van der Waals surface area contributed by atoms with Gasteiger partial charge >= 0.3 is 0 Å². The molecule has 11 heteroatoms. The molecule has 1 aromatic carbocycles. The van der Waals surface area contributed by atoms with Gasteiger partial charge < -0.3 is 19.3 Å². The maximum atomic E-state index is 14.6. The maximum Gasteiger partial charge on any atom is 0.282 e. The first-order valence-corrected chi connectivity index (χ1v) is 18.3. The zero-order chi connectivity index (χ0) is 31.9. The van der Waals surface area contributed by atoms with Crippen LogP contribution in [0.25, 0.3) is 11.3 Å². The number of halogens is 1. The van der Waals surface area contributed by atoms with E-state index < -0.39 is 0 Å². The Morgan fingerprint density at radius 1 is 0.958 bits per heavy atom. The van der Waals surface area contributed by atoms with E-state index in [0.717, 1.165) is 74.9 Å². The smallest absolute Gasteiger partial charge is 0.282 e. The summed E-state index contributed by atoms with van der Waals surface area (Å²) in [6, 6.07) is 7.29. The summed E-state index contributed by atoms with van der Waals surface area (Å²) in [5.74, 6) is 4.20. The fraction of sp³-hybridized carbons (Fsp3) is 0.649. The van der Waals surface area contributed by atoms with Crippen LogP contribution >= 0.6 is 0 Å². The summed E-state index contributed by atoms with van der Waals surface area (Å²) < 4.78 is 26.5. The van der Waals surface area contributed by atoms with Crippen LogP contribution in [0.5, 0.6) is 11.6 Å². The van der Waals surface area contributed by atoms with E-state index in [1.54, 1.807) is 12.3 Å². The van der Waals surface area contributed by atoms with Crippen LogP contribution < -0.4 is 9.64 Å². The summed E-state index contributed by atoms with van der Waals surface area (Å²) in [7, 11) is 0. The molecule has 1 spiro atoms. The Kier molecular flexibility index (Phi) is 7.02. The largest absolute Gasteiger partial charge is 0.434 e. The fourth-order valence-corrected chi connectivity index (χ4v) is 10.4. The van der Waals surface area contributed by atoms with Crippen molar-refractivity contribution in [2.75, 3.05) is 63.9 Å². The third-order valence-electron chi connectivity index (χ3n) is 13.0. The van der Waals surface area contributed by atoms with Gasteiger partial charge in [-0.2, -0.15) is 10.2 Å². The van der Waals surface area contributed by atoms with E-state index in [9.17, 15) is 4.39 Å². The Balaban J connectivity index is 0.841. The Morgan fingerprint density at radius 3 is 2.52 bits per heavy atom. The first kappa shape index (κ1) is 29.6. The summed E-state index contributed by atoms with van der Waals surface area (Å²) in [6.07, 6.45) is 13.6. The topological polar surface area (TPSA) is 92.6 Å². The molecule has 11 rings (SSSR count). The molecule has 8 aliphatic rings. The molecule has 252 valence electrons. The van der Waals surface area contributed by atoms with Gasteiger partial charge in [-0.3, -0.25) is 4.90 Å². The van der Waals surface area contributed by atoms with Crippen LogP contribution in [0.2, 0.25) is 0 Å². The summed E-state index contributed by atoms with van der Waals surface area (Å²) in [4.78, 5) is 12.6. The number of aromatic nitrogens is 5. The van der Waals surface area contributed by atoms with E-state index in [-0.39, 0.29) is 11.2 Å². The number of benzene rings is 1. The van der Waals surface area contributed by atoms with Crippen LogP contribution in [0.4, 0.5) is 10.2 Å². The standard InChI is InChI=1S/C37H45FN8O2/c38-28-3-4-31(30(13-28)32-29(26-1-2-26)5-9-40-42-32)48-35-34(39-23-41-43-35)45-12-8-36(20-45)21-46(22-36)33(37-14-24(15-37)16-37)27-6-10-44(11-7-27)17-25-18-47-19-25/h3-5,9,13,23-27,33H,1-2,6-8,10-12,14-22H2. The van der Waals surface area contributed by atoms with Gasteiger partial charge in [-0.25, -0.2) is 9.37 Å². The van der Waals surface area contributed by atoms with Gasteiger partial charge in [-0.1, -0.05) is 0 Å². The molecule has 8 fully saturated rings. The van der Waals surface area contributed by atoms with Crippen molar-refractivity contribution in [3.63, 3.8) is 0 Å². The highest BCUT2D eigenvalue weighted by molar-refractivity contribution is 5.71. The summed E-state index contributed by atoms with van der Waals surface area (Å²) in [5, 5.41) is 17.0. The van der Waals surface area contributed by atoms with E-state index in [2.05, 4.69) is 40.1 Å². The molecule has 48 heavy (non-hydrogen) atoms. The Bertz CT molecular complexity index is 1670. The van der Waals surface area contributed by atoms with Crippen molar-refractivity contribution in [2.45, 2.75) is 63.3 Å². The van der Waals surface area contributed by atoms with Gasteiger partial charge in [0.25, 0.3) is 5.88 Å². The van der Waals surface area contributed by atoms with Crippen molar-refractivity contribution in [1.29, 1.82) is 0 Å². The quantitative estimate of drug-likeness (QED) is 0.292. The number of anilines is 1. The van der Waals surface area contributed by atoms with Crippen LogP contribution in [-0.4, -0.2) is 100 Å². The molecule has 0 amide bonds. The summed E-state index contributed by atoms with van der Waals surface area (Å²) in [5.41, 5.74) is 3.19. The van der Waals surface area contributed by atoms with Crippen LogP contribution in [0, 0.1) is 34.4 Å². The molecular weight excluding hydrogens is 607 g/mol. The van der Waals surface area contributed by atoms with Crippen molar-refractivity contribution in [1.82, 2.24) is 35.2 Å². The lowest BCUT2D eigenvalue weighted by molar-refractivity contribution is -0.209. The number of rotatable bonds is 10. The van der Waals surface area contributed by atoms with Gasteiger partial charge in [-0.05, 0) is 117 Å². The predicted octanol–water partition coefficient (Wildman–Crippen LogP) is 5.18. The van der Waals surface area contributed by atoms with Gasteiger partial charge in [0.05, 0.1) is 13.2 Å². The van der Waals surface area contributed by atoms with Crippen molar-refractivity contribution >= 4 is 5.82 Å². The van der Waals surface area contributed by atoms with E-state index in [0.29, 0.717) is 40.0 Å². The number of piperidine rings is 1. The predicted molar refractivity (Wildman–Crippen MR) is 177 cm³/mol. The molecule has 6 heterocycles.